The molecule has 7 heteroatoms. The lowest BCUT2D eigenvalue weighted by atomic mass is 10.2. The van der Waals surface area contributed by atoms with E-state index in [1.54, 1.807) is 0 Å². The summed E-state index contributed by atoms with van der Waals surface area (Å²) < 4.78 is 13.0. The zero-order valence-corrected chi connectivity index (χ0v) is 10.7. The molecule has 6 nitrogen and oxygen atoms in total. The van der Waals surface area contributed by atoms with E-state index in [1.165, 1.54) is 0 Å². The van der Waals surface area contributed by atoms with Gasteiger partial charge < -0.3 is 20.6 Å². The number of carboxylic acid groups (broad SMARTS) is 1. The number of urea groups is 1. The molecule has 1 aromatic rings. The molecule has 0 aliphatic rings. The zero-order valence-electron chi connectivity index (χ0n) is 10.7. The first-order valence-electron chi connectivity index (χ1n) is 5.62. The van der Waals surface area contributed by atoms with Crippen molar-refractivity contribution in [3.8, 4) is 0 Å². The SMILES string of the molecule is CN(C)CCNC(=O)Nc1cc(F)ccc1C(=O)O. The van der Waals surface area contributed by atoms with Gasteiger partial charge in [0, 0.05) is 13.1 Å². The van der Waals surface area contributed by atoms with E-state index in [0.29, 0.717) is 13.1 Å². The van der Waals surface area contributed by atoms with Crippen LogP contribution in [0, 0.1) is 5.82 Å². The minimum Gasteiger partial charge on any atom is -0.478 e. The number of rotatable bonds is 5. The van der Waals surface area contributed by atoms with Crippen LogP contribution >= 0.6 is 0 Å². The van der Waals surface area contributed by atoms with E-state index in [1.807, 2.05) is 19.0 Å². The van der Waals surface area contributed by atoms with Crippen molar-refractivity contribution in [2.45, 2.75) is 0 Å². The van der Waals surface area contributed by atoms with Gasteiger partial charge in [0.1, 0.15) is 5.82 Å². The predicted molar refractivity (Wildman–Crippen MR) is 68.9 cm³/mol. The van der Waals surface area contributed by atoms with E-state index in [4.69, 9.17) is 5.11 Å². The summed E-state index contributed by atoms with van der Waals surface area (Å²) in [5, 5.41) is 13.8. The standard InChI is InChI=1S/C12H16FN3O3/c1-16(2)6-5-14-12(19)15-10-7-8(13)3-4-9(10)11(17)18/h3-4,7H,5-6H2,1-2H3,(H,17,18)(H2,14,15,19). The Labute approximate surface area is 110 Å². The second-order valence-electron chi connectivity index (χ2n) is 4.18. The maximum absolute atomic E-state index is 13.0. The molecule has 0 radical (unpaired) electrons. The molecule has 1 aromatic carbocycles. The third-order valence-corrected chi connectivity index (χ3v) is 2.30. The molecule has 0 saturated carbocycles. The summed E-state index contributed by atoms with van der Waals surface area (Å²) in [5.74, 6) is -1.85. The Hall–Kier alpha value is -2.15. The van der Waals surface area contributed by atoms with E-state index in [2.05, 4.69) is 10.6 Å². The third-order valence-electron chi connectivity index (χ3n) is 2.30. The van der Waals surface area contributed by atoms with E-state index in [-0.39, 0.29) is 11.3 Å². The molecule has 19 heavy (non-hydrogen) atoms. The summed E-state index contributed by atoms with van der Waals surface area (Å²) in [6.45, 7) is 1.04. The molecule has 0 aliphatic carbocycles. The number of carbonyl (C=O) groups is 2. The number of aromatic carboxylic acids is 1. The summed E-state index contributed by atoms with van der Waals surface area (Å²) in [6.07, 6.45) is 0. The normalized spacial score (nSPS) is 10.3. The van der Waals surface area contributed by atoms with Crippen LogP contribution in [0.1, 0.15) is 10.4 Å². The molecular weight excluding hydrogens is 253 g/mol. The molecule has 1 rings (SSSR count). The first-order chi connectivity index (χ1) is 8.90. The number of carbonyl (C=O) groups excluding carboxylic acids is 1. The van der Waals surface area contributed by atoms with Gasteiger partial charge in [0.25, 0.3) is 0 Å². The van der Waals surface area contributed by atoms with Gasteiger partial charge in [-0.25, -0.2) is 14.0 Å². The summed E-state index contributed by atoms with van der Waals surface area (Å²) in [7, 11) is 3.71. The number of nitrogens with one attached hydrogen (secondary N) is 2. The highest BCUT2D eigenvalue weighted by Gasteiger charge is 2.13. The first-order valence-corrected chi connectivity index (χ1v) is 5.62. The van der Waals surface area contributed by atoms with Crippen LogP contribution in [0.2, 0.25) is 0 Å². The quantitative estimate of drug-likeness (QED) is 0.750. The number of halogens is 1. The summed E-state index contributed by atoms with van der Waals surface area (Å²) in [5.41, 5.74) is -0.237. The van der Waals surface area contributed by atoms with Crippen LogP contribution in [0.25, 0.3) is 0 Å². The molecule has 0 aromatic heterocycles. The summed E-state index contributed by atoms with van der Waals surface area (Å²) in [4.78, 5) is 24.3. The van der Waals surface area contributed by atoms with E-state index >= 15 is 0 Å². The van der Waals surface area contributed by atoms with Crippen molar-refractivity contribution in [1.29, 1.82) is 0 Å². The van der Waals surface area contributed by atoms with E-state index < -0.39 is 17.8 Å². The van der Waals surface area contributed by atoms with Crippen LogP contribution in [0.4, 0.5) is 14.9 Å². The van der Waals surface area contributed by atoms with Crippen molar-refractivity contribution in [2.24, 2.45) is 0 Å². The largest absolute Gasteiger partial charge is 0.478 e. The molecule has 0 saturated heterocycles. The van der Waals surface area contributed by atoms with E-state index in [9.17, 15) is 14.0 Å². The van der Waals surface area contributed by atoms with Crippen LogP contribution in [0.5, 0.6) is 0 Å². The van der Waals surface area contributed by atoms with Gasteiger partial charge in [-0.2, -0.15) is 0 Å². The predicted octanol–water partition coefficient (Wildman–Crippen LogP) is 1.21. The number of likely N-dealkylation sites (N-methyl/N-ethyl adjacent to an activating group) is 1. The second kappa shape index (κ2) is 6.69. The van der Waals surface area contributed by atoms with Gasteiger partial charge in [-0.05, 0) is 32.3 Å². The highest BCUT2D eigenvalue weighted by Crippen LogP contribution is 2.17. The van der Waals surface area contributed by atoms with Crippen molar-refractivity contribution >= 4 is 17.7 Å². The number of amides is 2. The number of benzene rings is 1. The molecule has 0 fully saturated rings. The minimum atomic E-state index is -1.23. The molecule has 0 atom stereocenters. The topological polar surface area (TPSA) is 81.7 Å². The molecule has 3 N–H and O–H groups in total. The Balaban J connectivity index is 2.67. The monoisotopic (exact) mass is 269 g/mol. The summed E-state index contributed by atoms with van der Waals surface area (Å²) >= 11 is 0. The number of hydrogen-bond acceptors (Lipinski definition) is 3. The molecule has 0 bridgehead atoms. The Bertz CT molecular complexity index is 477. The molecule has 0 spiro atoms. The van der Waals surface area contributed by atoms with Crippen molar-refractivity contribution in [3.05, 3.63) is 29.6 Å². The van der Waals surface area contributed by atoms with Gasteiger partial charge in [0.05, 0.1) is 11.3 Å². The zero-order chi connectivity index (χ0) is 14.4. The van der Waals surface area contributed by atoms with Crippen LogP contribution in [-0.4, -0.2) is 49.2 Å². The van der Waals surface area contributed by atoms with Crippen molar-refractivity contribution in [3.63, 3.8) is 0 Å². The maximum atomic E-state index is 13.0. The fraction of sp³-hybridized carbons (Fsp3) is 0.333. The van der Waals surface area contributed by atoms with Crippen molar-refractivity contribution in [1.82, 2.24) is 10.2 Å². The summed E-state index contributed by atoms with van der Waals surface area (Å²) in [6, 6.07) is 2.52. The van der Waals surface area contributed by atoms with Gasteiger partial charge in [-0.1, -0.05) is 0 Å². The average Bonchev–Trinajstić information content (AvgIpc) is 2.27. The fourth-order valence-electron chi connectivity index (χ4n) is 1.37. The molecule has 0 aliphatic heterocycles. The lowest BCUT2D eigenvalue weighted by Crippen LogP contribution is -2.34. The van der Waals surface area contributed by atoms with Gasteiger partial charge >= 0.3 is 12.0 Å². The maximum Gasteiger partial charge on any atom is 0.337 e. The van der Waals surface area contributed by atoms with Gasteiger partial charge in [0.2, 0.25) is 0 Å². The molecule has 104 valence electrons. The Morgan fingerprint density at radius 3 is 2.63 bits per heavy atom. The first kappa shape index (κ1) is 14.9. The number of nitrogens with zero attached hydrogens (tertiary/aromatic N) is 1. The Kier molecular flexibility index (Phi) is 5.25. The lowest BCUT2D eigenvalue weighted by Gasteiger charge is -2.12. The Morgan fingerprint density at radius 1 is 1.37 bits per heavy atom. The highest BCUT2D eigenvalue weighted by atomic mass is 19.1. The molecule has 0 unspecified atom stereocenters. The van der Waals surface area contributed by atoms with Gasteiger partial charge in [-0.3, -0.25) is 0 Å². The fourth-order valence-corrected chi connectivity index (χ4v) is 1.37. The Morgan fingerprint density at radius 2 is 2.05 bits per heavy atom. The smallest absolute Gasteiger partial charge is 0.337 e. The van der Waals surface area contributed by atoms with Crippen molar-refractivity contribution in [2.75, 3.05) is 32.5 Å². The van der Waals surface area contributed by atoms with Crippen LogP contribution in [0.15, 0.2) is 18.2 Å². The van der Waals surface area contributed by atoms with Gasteiger partial charge in [-0.15, -0.1) is 0 Å². The second-order valence-corrected chi connectivity index (χ2v) is 4.18. The van der Waals surface area contributed by atoms with E-state index in [0.717, 1.165) is 18.2 Å². The average molecular weight is 269 g/mol. The molecule has 0 heterocycles. The molecular formula is C12H16FN3O3. The minimum absolute atomic E-state index is 0.0742. The van der Waals surface area contributed by atoms with Crippen molar-refractivity contribution < 1.29 is 19.1 Å². The number of anilines is 1. The number of hydrogen-bond donors (Lipinski definition) is 3. The van der Waals surface area contributed by atoms with Gasteiger partial charge in [0.15, 0.2) is 0 Å². The van der Waals surface area contributed by atoms with Crippen LogP contribution < -0.4 is 10.6 Å². The van der Waals surface area contributed by atoms with Crippen LogP contribution in [-0.2, 0) is 0 Å². The highest BCUT2D eigenvalue weighted by molar-refractivity contribution is 5.99. The van der Waals surface area contributed by atoms with Crippen LogP contribution in [0.3, 0.4) is 0 Å². The number of carboxylic acids is 1. The lowest BCUT2D eigenvalue weighted by molar-refractivity contribution is 0.0698. The molecule has 2 amide bonds. The third kappa shape index (κ3) is 4.92.